The fraction of sp³-hybridized carbons (Fsp3) is 0.500. The van der Waals surface area contributed by atoms with E-state index < -0.39 is 6.09 Å². The number of hydrogen-bond acceptors (Lipinski definition) is 4. The molecule has 2 N–H and O–H groups in total. The summed E-state index contributed by atoms with van der Waals surface area (Å²) in [6.07, 6.45) is 0.747. The van der Waals surface area contributed by atoms with Gasteiger partial charge in [-0.1, -0.05) is 31.7 Å². The first kappa shape index (κ1) is 20.4. The zero-order chi connectivity index (χ0) is 19.3. The summed E-state index contributed by atoms with van der Waals surface area (Å²) in [5.74, 6) is 1.38. The highest BCUT2D eigenvalue weighted by Gasteiger charge is 2.19. The van der Waals surface area contributed by atoms with Crippen molar-refractivity contribution in [3.8, 4) is 0 Å². The molecule has 0 bridgehead atoms. The van der Waals surface area contributed by atoms with Gasteiger partial charge < -0.3 is 15.0 Å². The van der Waals surface area contributed by atoms with Crippen LogP contribution in [0.1, 0.15) is 55.8 Å². The molecule has 0 saturated heterocycles. The van der Waals surface area contributed by atoms with Gasteiger partial charge in [-0.25, -0.2) is 9.78 Å². The van der Waals surface area contributed by atoms with E-state index in [1.807, 2.05) is 0 Å². The molecule has 0 aliphatic carbocycles. The van der Waals surface area contributed by atoms with E-state index in [1.165, 1.54) is 21.0 Å². The minimum Gasteiger partial charge on any atom is -0.450 e. The zero-order valence-electron chi connectivity index (χ0n) is 16.3. The van der Waals surface area contributed by atoms with Crippen LogP contribution in [0.5, 0.6) is 0 Å². The summed E-state index contributed by atoms with van der Waals surface area (Å²) in [5.41, 5.74) is 8.68. The van der Waals surface area contributed by atoms with Crippen LogP contribution >= 0.6 is 11.8 Å². The molecular weight excluding hydrogens is 346 g/mol. The molecule has 0 unspecified atom stereocenters. The number of imidazole rings is 1. The highest BCUT2D eigenvalue weighted by Crippen LogP contribution is 2.36. The van der Waals surface area contributed by atoms with Crippen molar-refractivity contribution < 1.29 is 9.53 Å². The molecule has 2 aromatic rings. The van der Waals surface area contributed by atoms with E-state index in [-0.39, 0.29) is 0 Å². The predicted octanol–water partition coefficient (Wildman–Crippen LogP) is 4.82. The van der Waals surface area contributed by atoms with Gasteiger partial charge in [0.25, 0.3) is 0 Å². The first-order chi connectivity index (χ1) is 12.3. The molecule has 5 nitrogen and oxygen atoms in total. The van der Waals surface area contributed by atoms with Crippen LogP contribution in [0, 0.1) is 13.8 Å². The second-order valence-corrected chi connectivity index (χ2v) is 7.88. The molecular formula is C20H29N3O2S. The third-order valence-electron chi connectivity index (χ3n) is 4.09. The quantitative estimate of drug-likeness (QED) is 0.671. The SMILES string of the molecule is CCn1c(CCCOC(N)=O)nc(C(C)C)c1Sc1cc(C)cc(C)c1. The fourth-order valence-corrected chi connectivity index (χ4v) is 4.45. The van der Waals surface area contributed by atoms with E-state index in [2.05, 4.69) is 57.4 Å². The van der Waals surface area contributed by atoms with E-state index in [0.717, 1.165) is 24.5 Å². The summed E-state index contributed by atoms with van der Waals surface area (Å²) in [6, 6.07) is 6.62. The van der Waals surface area contributed by atoms with Gasteiger partial charge in [0.2, 0.25) is 0 Å². The van der Waals surface area contributed by atoms with Crippen LogP contribution in [-0.2, 0) is 17.7 Å². The lowest BCUT2D eigenvalue weighted by atomic mass is 10.1. The highest BCUT2D eigenvalue weighted by molar-refractivity contribution is 7.99. The van der Waals surface area contributed by atoms with Crippen molar-refractivity contribution in [2.45, 2.75) is 69.8 Å². The van der Waals surface area contributed by atoms with Crippen molar-refractivity contribution in [3.63, 3.8) is 0 Å². The van der Waals surface area contributed by atoms with E-state index in [4.69, 9.17) is 15.5 Å². The Morgan fingerprint density at radius 3 is 2.46 bits per heavy atom. The number of benzene rings is 1. The molecule has 0 radical (unpaired) electrons. The van der Waals surface area contributed by atoms with Gasteiger partial charge >= 0.3 is 6.09 Å². The van der Waals surface area contributed by atoms with Gasteiger partial charge in [-0.15, -0.1) is 0 Å². The van der Waals surface area contributed by atoms with Crippen molar-refractivity contribution in [2.24, 2.45) is 5.73 Å². The van der Waals surface area contributed by atoms with E-state index >= 15 is 0 Å². The average molecular weight is 376 g/mol. The lowest BCUT2D eigenvalue weighted by molar-refractivity contribution is 0.155. The molecule has 0 spiro atoms. The normalized spacial score (nSPS) is 11.2. The number of rotatable bonds is 8. The standard InChI is InChI=1S/C20H29N3O2S/c1-6-23-17(8-7-9-25-20(21)24)22-18(13(2)3)19(23)26-16-11-14(4)10-15(5)12-16/h10-13H,6-9H2,1-5H3,(H2,21,24). The number of hydrogen-bond donors (Lipinski definition) is 1. The van der Waals surface area contributed by atoms with Crippen molar-refractivity contribution in [3.05, 3.63) is 40.8 Å². The smallest absolute Gasteiger partial charge is 0.404 e. The van der Waals surface area contributed by atoms with Gasteiger partial charge in [0.1, 0.15) is 10.9 Å². The third kappa shape index (κ3) is 5.27. The number of nitrogens with two attached hydrogens (primary N) is 1. The van der Waals surface area contributed by atoms with Crippen LogP contribution < -0.4 is 5.73 Å². The Balaban J connectivity index is 2.29. The number of aromatic nitrogens is 2. The summed E-state index contributed by atoms with van der Waals surface area (Å²) < 4.78 is 7.12. The number of primary amides is 1. The number of carbonyl (C=O) groups is 1. The van der Waals surface area contributed by atoms with Crippen molar-refractivity contribution >= 4 is 17.9 Å². The van der Waals surface area contributed by atoms with Gasteiger partial charge in [0, 0.05) is 17.9 Å². The molecule has 1 aromatic heterocycles. The summed E-state index contributed by atoms with van der Waals surface area (Å²) in [5, 5.41) is 1.21. The summed E-state index contributed by atoms with van der Waals surface area (Å²) in [7, 11) is 0. The third-order valence-corrected chi connectivity index (χ3v) is 5.18. The number of amides is 1. The molecule has 2 rings (SSSR count). The molecule has 1 heterocycles. The number of ether oxygens (including phenoxy) is 1. The van der Waals surface area contributed by atoms with Gasteiger partial charge in [-0.05, 0) is 56.4 Å². The molecule has 0 atom stereocenters. The molecule has 142 valence electrons. The summed E-state index contributed by atoms with van der Waals surface area (Å²) in [6.45, 7) is 11.9. The van der Waals surface area contributed by atoms with Crippen LogP contribution in [0.15, 0.2) is 28.1 Å². The van der Waals surface area contributed by atoms with Gasteiger partial charge in [-0.2, -0.15) is 0 Å². The monoisotopic (exact) mass is 375 g/mol. The Kier molecular flexibility index (Phi) is 7.14. The number of aryl methyl sites for hydroxylation is 3. The van der Waals surface area contributed by atoms with E-state index in [0.29, 0.717) is 18.9 Å². The van der Waals surface area contributed by atoms with Gasteiger partial charge in [0.15, 0.2) is 0 Å². The Labute approximate surface area is 160 Å². The number of nitrogens with zero attached hydrogens (tertiary/aromatic N) is 2. The molecule has 26 heavy (non-hydrogen) atoms. The zero-order valence-corrected chi connectivity index (χ0v) is 17.2. The first-order valence-corrected chi connectivity index (χ1v) is 9.91. The van der Waals surface area contributed by atoms with Gasteiger partial charge in [0.05, 0.1) is 12.3 Å². The van der Waals surface area contributed by atoms with Crippen LogP contribution in [0.25, 0.3) is 0 Å². The predicted molar refractivity (Wildman–Crippen MR) is 106 cm³/mol. The Bertz CT molecular complexity index is 748. The molecule has 0 aliphatic rings. The van der Waals surface area contributed by atoms with E-state index in [9.17, 15) is 4.79 Å². The fourth-order valence-electron chi connectivity index (χ4n) is 3.01. The Morgan fingerprint density at radius 2 is 1.92 bits per heavy atom. The molecule has 0 saturated carbocycles. The van der Waals surface area contributed by atoms with Crippen molar-refractivity contribution in [1.82, 2.24) is 9.55 Å². The second-order valence-electron chi connectivity index (χ2n) is 6.81. The number of carbonyl (C=O) groups excluding carboxylic acids is 1. The summed E-state index contributed by atoms with van der Waals surface area (Å²) in [4.78, 5) is 16.9. The first-order valence-electron chi connectivity index (χ1n) is 9.09. The maximum atomic E-state index is 10.7. The molecule has 1 amide bonds. The second kappa shape index (κ2) is 9.12. The maximum absolute atomic E-state index is 10.7. The van der Waals surface area contributed by atoms with Crippen LogP contribution in [0.4, 0.5) is 4.79 Å². The topological polar surface area (TPSA) is 70.1 Å². The van der Waals surface area contributed by atoms with Crippen LogP contribution in [0.2, 0.25) is 0 Å². The molecule has 0 aliphatic heterocycles. The summed E-state index contributed by atoms with van der Waals surface area (Å²) >= 11 is 1.78. The van der Waals surface area contributed by atoms with Crippen molar-refractivity contribution in [1.29, 1.82) is 0 Å². The Hall–Kier alpha value is -1.95. The minimum absolute atomic E-state index is 0.322. The lowest BCUT2D eigenvalue weighted by Gasteiger charge is -2.12. The van der Waals surface area contributed by atoms with Crippen molar-refractivity contribution in [2.75, 3.05) is 6.61 Å². The molecule has 6 heteroatoms. The highest BCUT2D eigenvalue weighted by atomic mass is 32.2. The molecule has 1 aromatic carbocycles. The van der Waals surface area contributed by atoms with Crippen LogP contribution in [0.3, 0.4) is 0 Å². The minimum atomic E-state index is -0.724. The van der Waals surface area contributed by atoms with Crippen LogP contribution in [-0.4, -0.2) is 22.3 Å². The van der Waals surface area contributed by atoms with E-state index in [1.54, 1.807) is 11.8 Å². The molecule has 0 fully saturated rings. The lowest BCUT2D eigenvalue weighted by Crippen LogP contribution is -2.14. The largest absolute Gasteiger partial charge is 0.450 e. The average Bonchev–Trinajstić information content (AvgIpc) is 2.88. The Morgan fingerprint density at radius 1 is 1.27 bits per heavy atom. The maximum Gasteiger partial charge on any atom is 0.404 e. The van der Waals surface area contributed by atoms with Gasteiger partial charge in [-0.3, -0.25) is 0 Å².